The lowest BCUT2D eigenvalue weighted by Crippen LogP contribution is -2.48. The lowest BCUT2D eigenvalue weighted by atomic mass is 10.0. The molecule has 8 heteroatoms. The first-order chi connectivity index (χ1) is 13.6. The van der Waals surface area contributed by atoms with E-state index in [1.165, 1.54) is 6.07 Å². The van der Waals surface area contributed by atoms with E-state index >= 15 is 0 Å². The normalized spacial score (nSPS) is 14.9. The Kier molecular flexibility index (Phi) is 8.81. The minimum Gasteiger partial charge on any atom is -0.508 e. The summed E-state index contributed by atoms with van der Waals surface area (Å²) in [6.45, 7) is 2.15. The quantitative estimate of drug-likeness (QED) is 0.324. The van der Waals surface area contributed by atoms with Gasteiger partial charge < -0.3 is 25.4 Å². The summed E-state index contributed by atoms with van der Waals surface area (Å²) in [5, 5.41) is 16.7. The van der Waals surface area contributed by atoms with Gasteiger partial charge in [-0.1, -0.05) is 6.07 Å². The summed E-state index contributed by atoms with van der Waals surface area (Å²) in [5.74, 6) is 1.39. The predicted octanol–water partition coefficient (Wildman–Crippen LogP) is 3.49. The van der Waals surface area contributed by atoms with Crippen LogP contribution in [0.1, 0.15) is 18.4 Å². The topological polar surface area (TPSA) is 69.1 Å². The summed E-state index contributed by atoms with van der Waals surface area (Å²) in [5.41, 5.74) is 1.66. The third-order valence-electron chi connectivity index (χ3n) is 4.97. The standard InChI is InChI=1S/C21H27FN4O2.HI/c1-23-21(24-14-15-12-19(28-2)6-7-20(15)27)25-17-8-10-26(11-9-17)18-5-3-4-16(22)13-18;/h3-7,12-13,17,27H,8-11,14H2,1-2H3,(H2,23,24,25);1H. The monoisotopic (exact) mass is 514 g/mol. The Balaban J connectivity index is 0.00000300. The molecule has 0 aliphatic carbocycles. The van der Waals surface area contributed by atoms with Crippen LogP contribution in [0, 0.1) is 5.82 Å². The van der Waals surface area contributed by atoms with Crippen molar-refractivity contribution in [1.29, 1.82) is 0 Å². The zero-order chi connectivity index (χ0) is 19.9. The molecule has 0 saturated carbocycles. The van der Waals surface area contributed by atoms with Crippen LogP contribution >= 0.6 is 24.0 Å². The summed E-state index contributed by atoms with van der Waals surface area (Å²) in [4.78, 5) is 6.48. The summed E-state index contributed by atoms with van der Waals surface area (Å²) in [7, 11) is 3.32. The van der Waals surface area contributed by atoms with Gasteiger partial charge in [0.15, 0.2) is 5.96 Å². The number of piperidine rings is 1. The van der Waals surface area contributed by atoms with Gasteiger partial charge in [-0.05, 0) is 49.2 Å². The van der Waals surface area contributed by atoms with Crippen LogP contribution in [0.5, 0.6) is 11.5 Å². The molecule has 6 nitrogen and oxygen atoms in total. The maximum absolute atomic E-state index is 13.4. The van der Waals surface area contributed by atoms with Crippen molar-refractivity contribution in [1.82, 2.24) is 10.6 Å². The highest BCUT2D eigenvalue weighted by atomic mass is 127. The molecule has 2 aromatic rings. The first-order valence-electron chi connectivity index (χ1n) is 9.42. The van der Waals surface area contributed by atoms with Crippen molar-refractivity contribution in [3.05, 3.63) is 53.8 Å². The number of nitrogens with zero attached hydrogens (tertiary/aromatic N) is 2. The molecule has 1 heterocycles. The molecule has 0 aromatic heterocycles. The maximum Gasteiger partial charge on any atom is 0.191 e. The predicted molar refractivity (Wildman–Crippen MR) is 125 cm³/mol. The lowest BCUT2D eigenvalue weighted by Gasteiger charge is -2.34. The number of aromatic hydroxyl groups is 1. The van der Waals surface area contributed by atoms with Gasteiger partial charge in [-0.3, -0.25) is 4.99 Å². The SMILES string of the molecule is CN=C(NCc1cc(OC)ccc1O)NC1CCN(c2cccc(F)c2)CC1.I. The molecule has 0 radical (unpaired) electrons. The van der Waals surface area contributed by atoms with Crippen LogP contribution in [0.25, 0.3) is 0 Å². The smallest absolute Gasteiger partial charge is 0.191 e. The van der Waals surface area contributed by atoms with E-state index in [9.17, 15) is 9.50 Å². The van der Waals surface area contributed by atoms with E-state index in [0.29, 0.717) is 18.3 Å². The number of hydrogen-bond acceptors (Lipinski definition) is 4. The Morgan fingerprint density at radius 2 is 2.00 bits per heavy atom. The number of phenols is 1. The van der Waals surface area contributed by atoms with Crippen molar-refractivity contribution < 1.29 is 14.2 Å². The molecule has 0 spiro atoms. The van der Waals surface area contributed by atoms with Crippen molar-refractivity contribution >= 4 is 35.6 Å². The van der Waals surface area contributed by atoms with Crippen molar-refractivity contribution in [3.63, 3.8) is 0 Å². The Morgan fingerprint density at radius 1 is 1.24 bits per heavy atom. The van der Waals surface area contributed by atoms with Crippen LogP contribution < -0.4 is 20.3 Å². The van der Waals surface area contributed by atoms with Gasteiger partial charge in [0, 0.05) is 44.0 Å². The van der Waals surface area contributed by atoms with Crippen LogP contribution in [0.15, 0.2) is 47.5 Å². The first-order valence-corrected chi connectivity index (χ1v) is 9.42. The number of rotatable bonds is 5. The van der Waals surface area contributed by atoms with E-state index in [1.807, 2.05) is 6.07 Å². The van der Waals surface area contributed by atoms with E-state index in [4.69, 9.17) is 4.74 Å². The minimum atomic E-state index is -0.205. The van der Waals surface area contributed by atoms with Crippen LogP contribution in [0.4, 0.5) is 10.1 Å². The molecule has 158 valence electrons. The zero-order valence-corrected chi connectivity index (χ0v) is 19.0. The van der Waals surface area contributed by atoms with Gasteiger partial charge >= 0.3 is 0 Å². The number of aliphatic imine (C=N–C) groups is 1. The minimum absolute atomic E-state index is 0. The van der Waals surface area contributed by atoms with Gasteiger partial charge in [-0.2, -0.15) is 0 Å². The summed E-state index contributed by atoms with van der Waals surface area (Å²) in [6.07, 6.45) is 1.86. The molecule has 0 atom stereocenters. The molecule has 2 aromatic carbocycles. The molecule has 0 bridgehead atoms. The highest BCUT2D eigenvalue weighted by Crippen LogP contribution is 2.23. The van der Waals surface area contributed by atoms with Gasteiger partial charge in [0.05, 0.1) is 7.11 Å². The van der Waals surface area contributed by atoms with E-state index in [0.717, 1.165) is 37.2 Å². The lowest BCUT2D eigenvalue weighted by molar-refractivity contribution is 0.410. The van der Waals surface area contributed by atoms with Gasteiger partial charge in [0.25, 0.3) is 0 Å². The highest BCUT2D eigenvalue weighted by Gasteiger charge is 2.20. The highest BCUT2D eigenvalue weighted by molar-refractivity contribution is 14.0. The number of ether oxygens (including phenoxy) is 1. The van der Waals surface area contributed by atoms with E-state index in [-0.39, 0.29) is 41.6 Å². The second-order valence-corrected chi connectivity index (χ2v) is 6.81. The fourth-order valence-electron chi connectivity index (χ4n) is 3.35. The Bertz CT molecular complexity index is 826. The fourth-order valence-corrected chi connectivity index (χ4v) is 3.35. The fraction of sp³-hybridized carbons (Fsp3) is 0.381. The third kappa shape index (κ3) is 6.38. The second kappa shape index (κ2) is 11.1. The summed E-state index contributed by atoms with van der Waals surface area (Å²) in [6, 6.07) is 12.2. The largest absolute Gasteiger partial charge is 0.508 e. The molecule has 3 rings (SSSR count). The van der Waals surface area contributed by atoms with E-state index in [1.54, 1.807) is 44.5 Å². The molecule has 1 fully saturated rings. The van der Waals surface area contributed by atoms with E-state index < -0.39 is 0 Å². The number of halogens is 2. The molecule has 0 unspecified atom stereocenters. The van der Waals surface area contributed by atoms with Crippen molar-refractivity contribution in [3.8, 4) is 11.5 Å². The third-order valence-corrected chi connectivity index (χ3v) is 4.97. The molecule has 29 heavy (non-hydrogen) atoms. The van der Waals surface area contributed by atoms with Crippen LogP contribution in [0.2, 0.25) is 0 Å². The van der Waals surface area contributed by atoms with Gasteiger partial charge in [0.1, 0.15) is 17.3 Å². The van der Waals surface area contributed by atoms with Gasteiger partial charge in [-0.15, -0.1) is 24.0 Å². The summed E-state index contributed by atoms with van der Waals surface area (Å²) >= 11 is 0. The Labute approximate surface area is 188 Å². The molecular weight excluding hydrogens is 486 g/mol. The maximum atomic E-state index is 13.4. The number of hydrogen-bond donors (Lipinski definition) is 3. The number of phenolic OH excluding ortho intramolecular Hbond substituents is 1. The van der Waals surface area contributed by atoms with Crippen LogP contribution in [-0.2, 0) is 6.54 Å². The van der Waals surface area contributed by atoms with Gasteiger partial charge in [0.2, 0.25) is 0 Å². The summed E-state index contributed by atoms with van der Waals surface area (Å²) < 4.78 is 18.6. The first kappa shape index (κ1) is 23.1. The van der Waals surface area contributed by atoms with Crippen molar-refractivity contribution in [2.24, 2.45) is 4.99 Å². The molecule has 1 saturated heterocycles. The average Bonchev–Trinajstić information content (AvgIpc) is 2.72. The number of methoxy groups -OCH3 is 1. The van der Waals surface area contributed by atoms with Crippen molar-refractivity contribution in [2.75, 3.05) is 32.1 Å². The van der Waals surface area contributed by atoms with Crippen LogP contribution in [-0.4, -0.2) is 44.4 Å². The molecule has 1 aliphatic heterocycles. The molecule has 0 amide bonds. The molecule has 3 N–H and O–H groups in total. The van der Waals surface area contributed by atoms with Crippen LogP contribution in [0.3, 0.4) is 0 Å². The second-order valence-electron chi connectivity index (χ2n) is 6.81. The number of anilines is 1. The number of benzene rings is 2. The van der Waals surface area contributed by atoms with Gasteiger partial charge in [-0.25, -0.2) is 4.39 Å². The number of nitrogens with one attached hydrogen (secondary N) is 2. The Hall–Kier alpha value is -2.23. The Morgan fingerprint density at radius 3 is 2.66 bits per heavy atom. The zero-order valence-electron chi connectivity index (χ0n) is 16.7. The van der Waals surface area contributed by atoms with E-state index in [2.05, 4.69) is 20.5 Å². The average molecular weight is 514 g/mol. The number of guanidine groups is 1. The van der Waals surface area contributed by atoms with Crippen molar-refractivity contribution in [2.45, 2.75) is 25.4 Å². The molecular formula is C21H28FIN4O2. The molecule has 1 aliphatic rings.